The van der Waals surface area contributed by atoms with Gasteiger partial charge in [0.2, 0.25) is 29.5 Å². The second-order valence-corrected chi connectivity index (χ2v) is 7.69. The number of nitrogens with zero attached hydrogens (tertiary/aromatic N) is 4. The molecule has 2 heterocycles. The Balaban J connectivity index is 1.32. The fraction of sp³-hybridized carbons (Fsp3) is 0.476. The van der Waals surface area contributed by atoms with Crippen molar-refractivity contribution < 1.29 is 18.8 Å². The maximum Gasteiger partial charge on any atom is 0.247 e. The predicted octanol–water partition coefficient (Wildman–Crippen LogP) is 2.26. The number of aromatic nitrogens is 2. The van der Waals surface area contributed by atoms with Crippen LogP contribution in [-0.2, 0) is 20.9 Å². The summed E-state index contributed by atoms with van der Waals surface area (Å²) in [5, 5.41) is 8.01. The van der Waals surface area contributed by atoms with E-state index in [2.05, 4.69) is 10.2 Å². The summed E-state index contributed by atoms with van der Waals surface area (Å²) in [4.78, 5) is 40.3. The summed E-state index contributed by atoms with van der Waals surface area (Å²) in [5.74, 6) is -0.0341. The highest BCUT2D eigenvalue weighted by atomic mass is 16.4. The largest absolute Gasteiger partial charge is 0.419 e. The monoisotopic (exact) mass is 396 g/mol. The van der Waals surface area contributed by atoms with E-state index in [0.717, 1.165) is 31.2 Å². The molecule has 152 valence electrons. The van der Waals surface area contributed by atoms with E-state index in [9.17, 15) is 14.4 Å². The topological polar surface area (TPSA) is 96.6 Å². The molecule has 2 aromatic rings. The molecule has 0 radical (unpaired) electrons. The first-order valence-corrected chi connectivity index (χ1v) is 10.0. The third-order valence-electron chi connectivity index (χ3n) is 5.77. The molecule has 2 aliphatic rings. The van der Waals surface area contributed by atoms with Gasteiger partial charge in [0.1, 0.15) is 0 Å². The van der Waals surface area contributed by atoms with Crippen LogP contribution in [0.4, 0.5) is 0 Å². The minimum absolute atomic E-state index is 0.0904. The molecule has 0 bridgehead atoms. The van der Waals surface area contributed by atoms with Crippen LogP contribution in [0.2, 0.25) is 0 Å². The van der Waals surface area contributed by atoms with Gasteiger partial charge in [-0.1, -0.05) is 31.0 Å². The summed E-state index contributed by atoms with van der Waals surface area (Å²) in [6.07, 6.45) is 3.63. The molecule has 1 saturated carbocycles. The van der Waals surface area contributed by atoms with Gasteiger partial charge < -0.3 is 9.32 Å². The molecule has 1 aromatic heterocycles. The smallest absolute Gasteiger partial charge is 0.247 e. The second-order valence-electron chi connectivity index (χ2n) is 7.69. The lowest BCUT2D eigenvalue weighted by Crippen LogP contribution is -2.36. The van der Waals surface area contributed by atoms with Crippen LogP contribution in [0.3, 0.4) is 0 Å². The fourth-order valence-corrected chi connectivity index (χ4v) is 4.16. The van der Waals surface area contributed by atoms with E-state index in [-0.39, 0.29) is 49.1 Å². The molecular weight excluding hydrogens is 372 g/mol. The number of hydrogen-bond acceptors (Lipinski definition) is 6. The van der Waals surface area contributed by atoms with E-state index in [0.29, 0.717) is 11.8 Å². The van der Waals surface area contributed by atoms with E-state index < -0.39 is 0 Å². The number of carbonyl (C=O) groups is 3. The van der Waals surface area contributed by atoms with E-state index in [1.807, 2.05) is 30.3 Å². The van der Waals surface area contributed by atoms with Crippen LogP contribution in [0.15, 0.2) is 34.7 Å². The Labute approximate surface area is 168 Å². The van der Waals surface area contributed by atoms with Crippen LogP contribution in [0.25, 0.3) is 11.5 Å². The first kappa shape index (κ1) is 19.3. The van der Waals surface area contributed by atoms with E-state index in [1.54, 1.807) is 7.05 Å². The van der Waals surface area contributed by atoms with Gasteiger partial charge >= 0.3 is 0 Å². The summed E-state index contributed by atoms with van der Waals surface area (Å²) in [5.41, 5.74) is 0.813. The molecule has 2 atom stereocenters. The van der Waals surface area contributed by atoms with Crippen molar-refractivity contribution in [3.8, 4) is 11.5 Å². The number of carbonyl (C=O) groups excluding carboxylic acids is 3. The number of rotatable bonds is 6. The minimum Gasteiger partial charge on any atom is -0.419 e. The highest BCUT2D eigenvalue weighted by Gasteiger charge is 2.47. The summed E-state index contributed by atoms with van der Waals surface area (Å²) < 4.78 is 5.63. The Morgan fingerprint density at radius 3 is 2.41 bits per heavy atom. The number of likely N-dealkylation sites (tertiary alicyclic amines) is 1. The van der Waals surface area contributed by atoms with Gasteiger partial charge in [-0.3, -0.25) is 19.3 Å². The number of fused-ring (bicyclic) bond motifs is 1. The third kappa shape index (κ3) is 3.92. The van der Waals surface area contributed by atoms with Gasteiger partial charge in [0, 0.05) is 25.6 Å². The molecule has 1 aromatic carbocycles. The molecule has 0 spiro atoms. The van der Waals surface area contributed by atoms with Crippen molar-refractivity contribution in [1.29, 1.82) is 0 Å². The summed E-state index contributed by atoms with van der Waals surface area (Å²) in [7, 11) is 1.64. The number of amides is 3. The molecule has 1 saturated heterocycles. The van der Waals surface area contributed by atoms with Crippen LogP contribution in [0.1, 0.15) is 38.0 Å². The van der Waals surface area contributed by atoms with E-state index >= 15 is 0 Å². The van der Waals surface area contributed by atoms with Gasteiger partial charge in [0.25, 0.3) is 0 Å². The number of benzene rings is 1. The first-order valence-electron chi connectivity index (χ1n) is 10.0. The highest BCUT2D eigenvalue weighted by molar-refractivity contribution is 6.05. The first-order chi connectivity index (χ1) is 14.0. The highest BCUT2D eigenvalue weighted by Crippen LogP contribution is 2.38. The molecular formula is C21H24N4O4. The van der Waals surface area contributed by atoms with Crippen molar-refractivity contribution in [3.63, 3.8) is 0 Å². The molecule has 2 fully saturated rings. The van der Waals surface area contributed by atoms with Gasteiger partial charge in [0.15, 0.2) is 0 Å². The molecule has 1 aliphatic heterocycles. The van der Waals surface area contributed by atoms with Crippen molar-refractivity contribution >= 4 is 17.7 Å². The van der Waals surface area contributed by atoms with Crippen LogP contribution in [0, 0.1) is 11.8 Å². The van der Waals surface area contributed by atoms with Crippen LogP contribution in [0.5, 0.6) is 0 Å². The zero-order valence-electron chi connectivity index (χ0n) is 16.4. The average molecular weight is 396 g/mol. The van der Waals surface area contributed by atoms with Gasteiger partial charge in [-0.05, 0) is 25.0 Å². The Hall–Kier alpha value is -3.03. The summed E-state index contributed by atoms with van der Waals surface area (Å²) >= 11 is 0. The van der Waals surface area contributed by atoms with Gasteiger partial charge in [-0.2, -0.15) is 0 Å². The van der Waals surface area contributed by atoms with Crippen LogP contribution < -0.4 is 0 Å². The van der Waals surface area contributed by atoms with Crippen molar-refractivity contribution in [2.75, 3.05) is 13.6 Å². The molecule has 29 heavy (non-hydrogen) atoms. The van der Waals surface area contributed by atoms with Gasteiger partial charge in [-0.15, -0.1) is 10.2 Å². The maximum absolute atomic E-state index is 12.5. The van der Waals surface area contributed by atoms with Gasteiger partial charge in [-0.25, -0.2) is 0 Å². The molecule has 8 nitrogen and oxygen atoms in total. The maximum atomic E-state index is 12.5. The van der Waals surface area contributed by atoms with Crippen LogP contribution in [-0.4, -0.2) is 51.3 Å². The zero-order chi connectivity index (χ0) is 20.4. The average Bonchev–Trinajstić information content (AvgIpc) is 3.31. The van der Waals surface area contributed by atoms with Crippen molar-refractivity contribution in [2.45, 2.75) is 38.6 Å². The molecule has 4 rings (SSSR count). The van der Waals surface area contributed by atoms with Crippen molar-refractivity contribution in [1.82, 2.24) is 20.0 Å². The van der Waals surface area contributed by atoms with Crippen molar-refractivity contribution in [3.05, 3.63) is 36.2 Å². The van der Waals surface area contributed by atoms with Crippen molar-refractivity contribution in [2.24, 2.45) is 11.8 Å². The lowest BCUT2D eigenvalue weighted by molar-refractivity contribution is -0.140. The Bertz CT molecular complexity index is 886. The number of hydrogen-bond donors (Lipinski definition) is 0. The van der Waals surface area contributed by atoms with Crippen LogP contribution >= 0.6 is 0 Å². The Morgan fingerprint density at radius 1 is 1.10 bits per heavy atom. The zero-order valence-corrected chi connectivity index (χ0v) is 16.4. The SMILES string of the molecule is CN(Cc1nnc(-c2ccccc2)o1)C(=O)CCN1C(=O)[C@@H]2CCCC[C@H]2C1=O. The lowest BCUT2D eigenvalue weighted by atomic mass is 9.81. The molecule has 0 N–H and O–H groups in total. The molecule has 0 unspecified atom stereocenters. The quantitative estimate of drug-likeness (QED) is 0.695. The predicted molar refractivity (Wildman–Crippen MR) is 103 cm³/mol. The normalized spacial score (nSPS) is 21.3. The third-order valence-corrected chi connectivity index (χ3v) is 5.77. The standard InChI is InChI=1S/C21H24N4O4/c1-24(13-17-22-23-19(29-17)14-7-3-2-4-8-14)18(26)11-12-25-20(27)15-9-5-6-10-16(15)21(25)28/h2-4,7-8,15-16H,5-6,9-13H2,1H3/t15-,16-/m1/s1. The number of imide groups is 1. The summed E-state index contributed by atoms with van der Waals surface area (Å²) in [6, 6.07) is 9.40. The minimum atomic E-state index is -0.182. The Morgan fingerprint density at radius 2 is 1.76 bits per heavy atom. The van der Waals surface area contributed by atoms with E-state index in [4.69, 9.17) is 4.42 Å². The molecule has 3 amide bonds. The van der Waals surface area contributed by atoms with E-state index in [1.165, 1.54) is 9.80 Å². The molecule has 1 aliphatic carbocycles. The Kier molecular flexibility index (Phi) is 5.42. The fourth-order valence-electron chi connectivity index (χ4n) is 4.16. The lowest BCUT2D eigenvalue weighted by Gasteiger charge is -2.19. The second kappa shape index (κ2) is 8.14. The summed E-state index contributed by atoms with van der Waals surface area (Å²) in [6.45, 7) is 0.304. The van der Waals surface area contributed by atoms with Gasteiger partial charge in [0.05, 0.1) is 18.4 Å². The molecule has 8 heteroatoms.